The van der Waals surface area contributed by atoms with Crippen molar-refractivity contribution in [3.05, 3.63) is 54.0 Å². The molecule has 8 nitrogen and oxygen atoms in total. The van der Waals surface area contributed by atoms with Gasteiger partial charge in [0.15, 0.2) is 9.84 Å². The van der Waals surface area contributed by atoms with Crippen molar-refractivity contribution in [2.75, 3.05) is 25.2 Å². The van der Waals surface area contributed by atoms with Crippen LogP contribution in [0.25, 0.3) is 11.4 Å². The highest BCUT2D eigenvalue weighted by Gasteiger charge is 2.31. The first-order valence-corrected chi connectivity index (χ1v) is 11.3. The number of sulfone groups is 1. The summed E-state index contributed by atoms with van der Waals surface area (Å²) in [5, 5.41) is 7.11. The minimum Gasteiger partial charge on any atom is -0.373 e. The summed E-state index contributed by atoms with van der Waals surface area (Å²) >= 11 is 0. The van der Waals surface area contributed by atoms with E-state index in [0.29, 0.717) is 23.2 Å². The summed E-state index contributed by atoms with van der Waals surface area (Å²) in [6, 6.07) is 10.9. The molecule has 0 saturated carbocycles. The highest BCUT2D eigenvalue weighted by Crippen LogP contribution is 2.33. The molecule has 1 aliphatic rings. The zero-order valence-electron chi connectivity index (χ0n) is 16.4. The first-order chi connectivity index (χ1) is 13.9. The lowest BCUT2D eigenvalue weighted by atomic mass is 10.2. The number of anilines is 1. The molecule has 0 unspecified atom stereocenters. The molecular formula is C20H23N5O3S. The molecule has 29 heavy (non-hydrogen) atoms. The molecule has 152 valence electrons. The largest absolute Gasteiger partial charge is 0.373 e. The predicted octanol–water partition coefficient (Wildman–Crippen LogP) is 2.91. The SMILES string of the molecule is CNc1ccc(-c2noc([C@H]3CCCN3Cc3ccc(S(C)(=O)=O)cc3)n2)cn1. The van der Waals surface area contributed by atoms with Crippen LogP contribution < -0.4 is 5.32 Å². The van der Waals surface area contributed by atoms with Crippen LogP contribution in [0.1, 0.15) is 30.3 Å². The summed E-state index contributed by atoms with van der Waals surface area (Å²) in [5.41, 5.74) is 1.86. The molecule has 0 spiro atoms. The molecule has 1 saturated heterocycles. The summed E-state index contributed by atoms with van der Waals surface area (Å²) in [7, 11) is -1.37. The molecule has 0 bridgehead atoms. The monoisotopic (exact) mass is 413 g/mol. The molecule has 3 aromatic rings. The highest BCUT2D eigenvalue weighted by molar-refractivity contribution is 7.90. The molecular weight excluding hydrogens is 390 g/mol. The van der Waals surface area contributed by atoms with Crippen molar-refractivity contribution in [3.8, 4) is 11.4 Å². The molecule has 2 aromatic heterocycles. The van der Waals surface area contributed by atoms with Crippen molar-refractivity contribution >= 4 is 15.7 Å². The molecule has 9 heteroatoms. The van der Waals surface area contributed by atoms with E-state index >= 15 is 0 Å². The molecule has 1 N–H and O–H groups in total. The fourth-order valence-corrected chi connectivity index (χ4v) is 4.16. The fraction of sp³-hybridized carbons (Fsp3) is 0.350. The first kappa shape index (κ1) is 19.5. The van der Waals surface area contributed by atoms with Crippen LogP contribution >= 0.6 is 0 Å². The molecule has 3 heterocycles. The number of likely N-dealkylation sites (tertiary alicyclic amines) is 1. The first-order valence-electron chi connectivity index (χ1n) is 9.45. The van der Waals surface area contributed by atoms with Gasteiger partial charge in [0.25, 0.3) is 0 Å². The van der Waals surface area contributed by atoms with E-state index in [-0.39, 0.29) is 6.04 Å². The third kappa shape index (κ3) is 4.30. The third-order valence-corrected chi connectivity index (χ3v) is 6.23. The topological polar surface area (TPSA) is 101 Å². The summed E-state index contributed by atoms with van der Waals surface area (Å²) in [6.45, 7) is 1.62. The number of nitrogens with zero attached hydrogens (tertiary/aromatic N) is 4. The van der Waals surface area contributed by atoms with Crippen LogP contribution in [0, 0.1) is 0 Å². The van der Waals surface area contributed by atoms with Crippen molar-refractivity contribution in [2.24, 2.45) is 0 Å². The van der Waals surface area contributed by atoms with Gasteiger partial charge in [0.05, 0.1) is 10.9 Å². The smallest absolute Gasteiger partial charge is 0.244 e. The van der Waals surface area contributed by atoms with Gasteiger partial charge in [-0.2, -0.15) is 4.98 Å². The van der Waals surface area contributed by atoms with E-state index in [9.17, 15) is 8.42 Å². The lowest BCUT2D eigenvalue weighted by molar-refractivity contribution is 0.201. The lowest BCUT2D eigenvalue weighted by Crippen LogP contribution is -2.23. The van der Waals surface area contributed by atoms with Gasteiger partial charge in [-0.15, -0.1) is 0 Å². The highest BCUT2D eigenvalue weighted by atomic mass is 32.2. The van der Waals surface area contributed by atoms with E-state index in [4.69, 9.17) is 4.52 Å². The standard InChI is InChI=1S/C20H23N5O3S/c1-21-18-10-7-15(12-22-18)19-23-20(28-24-19)17-4-3-11-25(17)13-14-5-8-16(9-6-14)29(2,26)27/h5-10,12,17H,3-4,11,13H2,1-2H3,(H,21,22)/t17-/m1/s1. The number of benzene rings is 1. The van der Waals surface area contributed by atoms with Gasteiger partial charge in [0, 0.05) is 31.6 Å². The molecule has 1 aromatic carbocycles. The normalized spacial score (nSPS) is 17.5. The van der Waals surface area contributed by atoms with Gasteiger partial charge in [-0.1, -0.05) is 17.3 Å². The maximum Gasteiger partial charge on any atom is 0.244 e. The average Bonchev–Trinajstić information content (AvgIpc) is 3.37. The van der Waals surface area contributed by atoms with Crippen LogP contribution in [0.3, 0.4) is 0 Å². The van der Waals surface area contributed by atoms with E-state index < -0.39 is 9.84 Å². The van der Waals surface area contributed by atoms with Crippen molar-refractivity contribution in [3.63, 3.8) is 0 Å². The molecule has 1 fully saturated rings. The predicted molar refractivity (Wildman–Crippen MR) is 109 cm³/mol. The van der Waals surface area contributed by atoms with Gasteiger partial charge >= 0.3 is 0 Å². The minimum absolute atomic E-state index is 0.0513. The zero-order valence-corrected chi connectivity index (χ0v) is 17.2. The van der Waals surface area contributed by atoms with E-state index in [1.54, 1.807) is 18.3 Å². The van der Waals surface area contributed by atoms with Crippen molar-refractivity contribution < 1.29 is 12.9 Å². The Kier molecular flexibility index (Phi) is 5.33. The maximum absolute atomic E-state index is 11.6. The Bertz CT molecular complexity index is 1080. The number of hydrogen-bond donors (Lipinski definition) is 1. The second kappa shape index (κ2) is 7.92. The van der Waals surface area contributed by atoms with Crippen LogP contribution in [0.2, 0.25) is 0 Å². The molecule has 1 aliphatic heterocycles. The summed E-state index contributed by atoms with van der Waals surface area (Å²) in [4.78, 5) is 11.5. The van der Waals surface area contributed by atoms with Crippen molar-refractivity contribution in [1.82, 2.24) is 20.0 Å². The van der Waals surface area contributed by atoms with Crippen LogP contribution in [-0.4, -0.2) is 48.3 Å². The van der Waals surface area contributed by atoms with Gasteiger partial charge < -0.3 is 9.84 Å². The number of hydrogen-bond acceptors (Lipinski definition) is 8. The van der Waals surface area contributed by atoms with E-state index in [1.807, 2.05) is 31.3 Å². The quantitative estimate of drug-likeness (QED) is 0.658. The van der Waals surface area contributed by atoms with Crippen LogP contribution in [-0.2, 0) is 16.4 Å². The van der Waals surface area contributed by atoms with Crippen LogP contribution in [0.15, 0.2) is 52.0 Å². The van der Waals surface area contributed by atoms with E-state index in [0.717, 1.165) is 36.3 Å². The van der Waals surface area contributed by atoms with Gasteiger partial charge in [-0.25, -0.2) is 13.4 Å². The van der Waals surface area contributed by atoms with Crippen molar-refractivity contribution in [2.45, 2.75) is 30.3 Å². The zero-order chi connectivity index (χ0) is 20.4. The Morgan fingerprint density at radius 3 is 2.66 bits per heavy atom. The van der Waals surface area contributed by atoms with Gasteiger partial charge in [0.2, 0.25) is 11.7 Å². The van der Waals surface area contributed by atoms with E-state index in [2.05, 4.69) is 25.3 Å². The molecule has 0 amide bonds. The lowest BCUT2D eigenvalue weighted by Gasteiger charge is -2.21. The van der Waals surface area contributed by atoms with Gasteiger partial charge in [0.1, 0.15) is 5.82 Å². The Morgan fingerprint density at radius 1 is 1.21 bits per heavy atom. The van der Waals surface area contributed by atoms with Gasteiger partial charge in [-0.05, 0) is 49.2 Å². The Balaban J connectivity index is 1.49. The maximum atomic E-state index is 11.6. The second-order valence-electron chi connectivity index (χ2n) is 7.18. The second-order valence-corrected chi connectivity index (χ2v) is 9.20. The Labute approximate surface area is 169 Å². The van der Waals surface area contributed by atoms with Crippen LogP contribution in [0.5, 0.6) is 0 Å². The third-order valence-electron chi connectivity index (χ3n) is 5.11. The number of nitrogens with one attached hydrogen (secondary N) is 1. The minimum atomic E-state index is -3.18. The Morgan fingerprint density at radius 2 is 2.00 bits per heavy atom. The number of pyridine rings is 1. The summed E-state index contributed by atoms with van der Waals surface area (Å²) < 4.78 is 28.8. The summed E-state index contributed by atoms with van der Waals surface area (Å²) in [6.07, 6.45) is 4.92. The molecule has 1 atom stereocenters. The Hall–Kier alpha value is -2.78. The number of rotatable bonds is 6. The molecule has 4 rings (SSSR count). The summed E-state index contributed by atoms with van der Waals surface area (Å²) in [5.74, 6) is 1.91. The average molecular weight is 414 g/mol. The fourth-order valence-electron chi connectivity index (χ4n) is 3.53. The van der Waals surface area contributed by atoms with E-state index in [1.165, 1.54) is 6.26 Å². The molecule has 0 aliphatic carbocycles. The van der Waals surface area contributed by atoms with Crippen LogP contribution in [0.4, 0.5) is 5.82 Å². The van der Waals surface area contributed by atoms with Gasteiger partial charge in [-0.3, -0.25) is 4.90 Å². The molecule has 0 radical (unpaired) electrons. The number of aromatic nitrogens is 3. The van der Waals surface area contributed by atoms with Crippen molar-refractivity contribution in [1.29, 1.82) is 0 Å².